The second-order valence-electron chi connectivity index (χ2n) is 6.55. The summed E-state index contributed by atoms with van der Waals surface area (Å²) in [5, 5.41) is 10.8. The SMILES string of the molecule is COc1ccc(-c2nnc(C)o2)cc1NC(=O)C(C)n1ccnc1C(C)C. The van der Waals surface area contributed by atoms with Crippen LogP contribution in [0.5, 0.6) is 5.75 Å². The van der Waals surface area contributed by atoms with E-state index in [1.807, 2.05) is 31.5 Å². The first-order valence-electron chi connectivity index (χ1n) is 8.72. The van der Waals surface area contributed by atoms with Gasteiger partial charge in [-0.1, -0.05) is 13.8 Å². The number of amides is 1. The number of benzene rings is 1. The summed E-state index contributed by atoms with van der Waals surface area (Å²) < 4.78 is 12.7. The highest BCUT2D eigenvalue weighted by Crippen LogP contribution is 2.31. The van der Waals surface area contributed by atoms with Crippen molar-refractivity contribution < 1.29 is 13.9 Å². The number of rotatable bonds is 6. The molecule has 0 aliphatic carbocycles. The van der Waals surface area contributed by atoms with Crippen LogP contribution in [0.25, 0.3) is 11.5 Å². The Balaban J connectivity index is 1.87. The molecule has 0 aliphatic rings. The highest BCUT2D eigenvalue weighted by molar-refractivity contribution is 5.95. The molecule has 1 aromatic carbocycles. The maximum absolute atomic E-state index is 12.8. The highest BCUT2D eigenvalue weighted by Gasteiger charge is 2.21. The van der Waals surface area contributed by atoms with Crippen LogP contribution in [0.4, 0.5) is 5.69 Å². The number of anilines is 1. The Morgan fingerprint density at radius 2 is 2.04 bits per heavy atom. The van der Waals surface area contributed by atoms with Crippen molar-refractivity contribution in [3.63, 3.8) is 0 Å². The van der Waals surface area contributed by atoms with E-state index in [0.717, 1.165) is 5.82 Å². The standard InChI is InChI=1S/C19H23N5O3/c1-11(2)17-20-8-9-24(17)12(3)18(25)21-15-10-14(6-7-16(15)26-5)19-23-22-13(4)27-19/h6-12H,1-5H3,(H,21,25). The van der Waals surface area contributed by atoms with Gasteiger partial charge in [0.25, 0.3) is 0 Å². The fourth-order valence-electron chi connectivity index (χ4n) is 2.81. The van der Waals surface area contributed by atoms with Crippen molar-refractivity contribution in [2.24, 2.45) is 0 Å². The van der Waals surface area contributed by atoms with Gasteiger partial charge in [-0.05, 0) is 25.1 Å². The highest BCUT2D eigenvalue weighted by atomic mass is 16.5. The van der Waals surface area contributed by atoms with Crippen LogP contribution in [0.1, 0.15) is 44.4 Å². The van der Waals surface area contributed by atoms with Crippen molar-refractivity contribution in [1.29, 1.82) is 0 Å². The molecule has 2 heterocycles. The van der Waals surface area contributed by atoms with Gasteiger partial charge >= 0.3 is 0 Å². The van der Waals surface area contributed by atoms with Crippen LogP contribution in [0.15, 0.2) is 35.0 Å². The zero-order valence-electron chi connectivity index (χ0n) is 16.1. The Morgan fingerprint density at radius 1 is 1.26 bits per heavy atom. The number of carbonyl (C=O) groups is 1. The number of imidazole rings is 1. The lowest BCUT2D eigenvalue weighted by Gasteiger charge is -2.19. The van der Waals surface area contributed by atoms with Gasteiger partial charge in [-0.15, -0.1) is 10.2 Å². The molecular weight excluding hydrogens is 346 g/mol. The minimum absolute atomic E-state index is 0.174. The van der Waals surface area contributed by atoms with Gasteiger partial charge in [-0.2, -0.15) is 0 Å². The zero-order chi connectivity index (χ0) is 19.6. The average molecular weight is 369 g/mol. The lowest BCUT2D eigenvalue weighted by Crippen LogP contribution is -2.25. The smallest absolute Gasteiger partial charge is 0.247 e. The monoisotopic (exact) mass is 369 g/mol. The van der Waals surface area contributed by atoms with E-state index in [-0.39, 0.29) is 11.8 Å². The summed E-state index contributed by atoms with van der Waals surface area (Å²) in [6.45, 7) is 7.65. The molecule has 0 saturated carbocycles. The molecule has 1 unspecified atom stereocenters. The molecule has 0 radical (unpaired) electrons. The van der Waals surface area contributed by atoms with Gasteiger partial charge in [-0.25, -0.2) is 4.98 Å². The van der Waals surface area contributed by atoms with Crippen molar-refractivity contribution in [2.75, 3.05) is 12.4 Å². The lowest BCUT2D eigenvalue weighted by atomic mass is 10.1. The topological polar surface area (TPSA) is 95.1 Å². The Hall–Kier alpha value is -3.16. The molecule has 142 valence electrons. The lowest BCUT2D eigenvalue weighted by molar-refractivity contribution is -0.118. The summed E-state index contributed by atoms with van der Waals surface area (Å²) in [7, 11) is 1.55. The van der Waals surface area contributed by atoms with E-state index in [1.54, 1.807) is 38.4 Å². The first-order chi connectivity index (χ1) is 12.9. The van der Waals surface area contributed by atoms with Crippen LogP contribution < -0.4 is 10.1 Å². The molecule has 2 aromatic heterocycles. The molecule has 0 saturated heterocycles. The number of ether oxygens (including phenoxy) is 1. The Kier molecular flexibility index (Phi) is 5.25. The zero-order valence-corrected chi connectivity index (χ0v) is 16.1. The summed E-state index contributed by atoms with van der Waals surface area (Å²) in [4.78, 5) is 17.2. The fraction of sp³-hybridized carbons (Fsp3) is 0.368. The third-order valence-electron chi connectivity index (χ3n) is 4.24. The summed E-state index contributed by atoms with van der Waals surface area (Å²) in [5.41, 5.74) is 1.23. The summed E-state index contributed by atoms with van der Waals surface area (Å²) in [6, 6.07) is 4.89. The van der Waals surface area contributed by atoms with E-state index in [9.17, 15) is 4.79 Å². The summed E-state index contributed by atoms with van der Waals surface area (Å²) in [6.07, 6.45) is 3.52. The molecule has 8 nitrogen and oxygen atoms in total. The van der Waals surface area contributed by atoms with Gasteiger partial charge in [0.1, 0.15) is 17.6 Å². The summed E-state index contributed by atoms with van der Waals surface area (Å²) in [5.74, 6) is 2.31. The van der Waals surface area contributed by atoms with E-state index < -0.39 is 6.04 Å². The first-order valence-corrected chi connectivity index (χ1v) is 8.72. The van der Waals surface area contributed by atoms with Gasteiger partial charge < -0.3 is 19.0 Å². The molecule has 1 N–H and O–H groups in total. The number of nitrogens with one attached hydrogen (secondary N) is 1. The van der Waals surface area contributed by atoms with Crippen LogP contribution >= 0.6 is 0 Å². The maximum atomic E-state index is 12.8. The molecule has 0 fully saturated rings. The van der Waals surface area contributed by atoms with Crippen LogP contribution in [0.2, 0.25) is 0 Å². The largest absolute Gasteiger partial charge is 0.495 e. The second-order valence-corrected chi connectivity index (χ2v) is 6.55. The number of methoxy groups -OCH3 is 1. The molecule has 8 heteroatoms. The number of hydrogen-bond donors (Lipinski definition) is 1. The maximum Gasteiger partial charge on any atom is 0.247 e. The Labute approximate surface area is 157 Å². The van der Waals surface area contributed by atoms with E-state index in [1.165, 1.54) is 0 Å². The molecule has 1 atom stereocenters. The normalized spacial score (nSPS) is 12.2. The second kappa shape index (κ2) is 7.61. The van der Waals surface area contributed by atoms with Crippen molar-refractivity contribution in [3.05, 3.63) is 42.3 Å². The Bertz CT molecular complexity index is 944. The molecule has 1 amide bonds. The van der Waals surface area contributed by atoms with Gasteiger partial charge in [-0.3, -0.25) is 4.79 Å². The number of carbonyl (C=O) groups excluding carboxylic acids is 1. The third-order valence-corrected chi connectivity index (χ3v) is 4.24. The molecule has 3 rings (SSSR count). The predicted molar refractivity (Wildman–Crippen MR) is 101 cm³/mol. The molecule has 27 heavy (non-hydrogen) atoms. The van der Waals surface area contributed by atoms with E-state index in [4.69, 9.17) is 9.15 Å². The summed E-state index contributed by atoms with van der Waals surface area (Å²) >= 11 is 0. The number of nitrogens with zero attached hydrogens (tertiary/aromatic N) is 4. The minimum atomic E-state index is -0.427. The van der Waals surface area contributed by atoms with Gasteiger partial charge in [0.05, 0.1) is 12.8 Å². The number of hydrogen-bond acceptors (Lipinski definition) is 6. The first kappa shape index (κ1) is 18.6. The van der Waals surface area contributed by atoms with Crippen molar-refractivity contribution in [3.8, 4) is 17.2 Å². The van der Waals surface area contributed by atoms with Crippen molar-refractivity contribution in [2.45, 2.75) is 39.7 Å². The van der Waals surface area contributed by atoms with Crippen molar-refractivity contribution >= 4 is 11.6 Å². The van der Waals surface area contributed by atoms with E-state index in [2.05, 4.69) is 20.5 Å². The molecule has 0 spiro atoms. The molecule has 3 aromatic rings. The molecule has 0 bridgehead atoms. The average Bonchev–Trinajstić information content (AvgIpc) is 3.30. The number of aryl methyl sites for hydroxylation is 1. The predicted octanol–water partition coefficient (Wildman–Crippen LogP) is 3.57. The van der Waals surface area contributed by atoms with Crippen LogP contribution in [-0.2, 0) is 4.79 Å². The van der Waals surface area contributed by atoms with Crippen molar-refractivity contribution in [1.82, 2.24) is 19.7 Å². The van der Waals surface area contributed by atoms with Gasteiger partial charge in [0.2, 0.25) is 17.7 Å². The van der Waals surface area contributed by atoms with E-state index >= 15 is 0 Å². The minimum Gasteiger partial charge on any atom is -0.495 e. The third kappa shape index (κ3) is 3.84. The molecular formula is C19H23N5O3. The molecule has 0 aliphatic heterocycles. The van der Waals surface area contributed by atoms with Crippen LogP contribution in [0.3, 0.4) is 0 Å². The van der Waals surface area contributed by atoms with E-state index in [0.29, 0.717) is 28.8 Å². The van der Waals surface area contributed by atoms with Crippen LogP contribution in [-0.4, -0.2) is 32.8 Å². The van der Waals surface area contributed by atoms with Gasteiger partial charge in [0, 0.05) is 30.8 Å². The van der Waals surface area contributed by atoms with Gasteiger partial charge in [0.15, 0.2) is 0 Å². The Morgan fingerprint density at radius 3 is 2.67 bits per heavy atom. The number of aromatic nitrogens is 4. The fourth-order valence-corrected chi connectivity index (χ4v) is 2.81. The quantitative estimate of drug-likeness (QED) is 0.714. The van der Waals surface area contributed by atoms with Crippen LogP contribution in [0, 0.1) is 6.92 Å².